The molecule has 0 aliphatic heterocycles. The van der Waals surface area contributed by atoms with E-state index in [0.29, 0.717) is 23.6 Å². The molecule has 1 aromatic rings. The Morgan fingerprint density at radius 2 is 2.32 bits per heavy atom. The summed E-state index contributed by atoms with van der Waals surface area (Å²) in [5.74, 6) is 0.198. The quantitative estimate of drug-likeness (QED) is 0.491. The van der Waals surface area contributed by atoms with Crippen molar-refractivity contribution in [3.63, 3.8) is 0 Å². The van der Waals surface area contributed by atoms with Crippen LogP contribution in [0.5, 0.6) is 0 Å². The number of rotatable bonds is 6. The lowest BCUT2D eigenvalue weighted by molar-refractivity contribution is 0.0506. The van der Waals surface area contributed by atoms with Gasteiger partial charge in [0.15, 0.2) is 0 Å². The van der Waals surface area contributed by atoms with Crippen LogP contribution in [-0.4, -0.2) is 18.3 Å². The molecule has 0 saturated heterocycles. The minimum atomic E-state index is -0.393. The molecule has 0 aromatic heterocycles. The van der Waals surface area contributed by atoms with Gasteiger partial charge in [0.25, 0.3) is 0 Å². The molecular formula is C14H18N2O2S. The molecule has 0 heterocycles. The van der Waals surface area contributed by atoms with Gasteiger partial charge in [0, 0.05) is 10.6 Å². The van der Waals surface area contributed by atoms with Gasteiger partial charge in [-0.3, -0.25) is 0 Å². The van der Waals surface area contributed by atoms with Gasteiger partial charge in [-0.05, 0) is 25.5 Å². The standard InChI is InChI=1S/C14H18N2O2S/c1-3-7-18-14(17)11-5-4-6-12(13(11)16)19-9-10(2)8-15/h4-6,10H,3,7,9,16H2,1-2H3. The van der Waals surface area contributed by atoms with E-state index in [0.717, 1.165) is 11.3 Å². The summed E-state index contributed by atoms with van der Waals surface area (Å²) in [6, 6.07) is 7.45. The third-order valence-corrected chi connectivity index (χ3v) is 3.77. The summed E-state index contributed by atoms with van der Waals surface area (Å²) in [6.45, 7) is 4.18. The van der Waals surface area contributed by atoms with Gasteiger partial charge in [0.05, 0.1) is 29.8 Å². The summed E-state index contributed by atoms with van der Waals surface area (Å²) in [4.78, 5) is 12.6. The third-order valence-electron chi connectivity index (χ3n) is 2.43. The zero-order valence-electron chi connectivity index (χ0n) is 11.2. The van der Waals surface area contributed by atoms with E-state index in [1.165, 1.54) is 11.8 Å². The van der Waals surface area contributed by atoms with Gasteiger partial charge in [-0.1, -0.05) is 13.0 Å². The predicted molar refractivity (Wildman–Crippen MR) is 76.9 cm³/mol. The number of hydrogen-bond donors (Lipinski definition) is 1. The SMILES string of the molecule is CCCOC(=O)c1cccc(SCC(C)C#N)c1N. The first-order valence-electron chi connectivity index (χ1n) is 6.18. The van der Waals surface area contributed by atoms with Crippen LogP contribution in [0.25, 0.3) is 0 Å². The second-order valence-electron chi connectivity index (χ2n) is 4.19. The number of anilines is 1. The number of esters is 1. The lowest BCUT2D eigenvalue weighted by Gasteiger charge is -2.10. The maximum absolute atomic E-state index is 11.8. The summed E-state index contributed by atoms with van der Waals surface area (Å²) >= 11 is 1.48. The van der Waals surface area contributed by atoms with Crippen LogP contribution in [0.15, 0.2) is 23.1 Å². The van der Waals surface area contributed by atoms with Crippen molar-refractivity contribution in [1.82, 2.24) is 0 Å². The smallest absolute Gasteiger partial charge is 0.340 e. The van der Waals surface area contributed by atoms with E-state index in [1.54, 1.807) is 12.1 Å². The highest BCUT2D eigenvalue weighted by molar-refractivity contribution is 7.99. The average Bonchev–Trinajstić information content (AvgIpc) is 2.43. The van der Waals surface area contributed by atoms with Crippen molar-refractivity contribution < 1.29 is 9.53 Å². The molecule has 102 valence electrons. The lowest BCUT2D eigenvalue weighted by atomic mass is 10.2. The Hall–Kier alpha value is -1.67. The molecule has 0 radical (unpaired) electrons. The summed E-state index contributed by atoms with van der Waals surface area (Å²) in [6.07, 6.45) is 0.778. The van der Waals surface area contributed by atoms with E-state index in [9.17, 15) is 4.79 Å². The van der Waals surface area contributed by atoms with E-state index >= 15 is 0 Å². The van der Waals surface area contributed by atoms with Crippen LogP contribution >= 0.6 is 11.8 Å². The maximum atomic E-state index is 11.8. The first-order chi connectivity index (χ1) is 9.10. The Labute approximate surface area is 117 Å². The Balaban J connectivity index is 2.80. The maximum Gasteiger partial charge on any atom is 0.340 e. The third kappa shape index (κ3) is 4.49. The Morgan fingerprint density at radius 1 is 1.58 bits per heavy atom. The molecule has 0 aliphatic carbocycles. The van der Waals surface area contributed by atoms with Crippen LogP contribution in [-0.2, 0) is 4.74 Å². The van der Waals surface area contributed by atoms with Crippen molar-refractivity contribution in [2.75, 3.05) is 18.1 Å². The molecule has 0 saturated carbocycles. The van der Waals surface area contributed by atoms with Crippen LogP contribution in [0.3, 0.4) is 0 Å². The van der Waals surface area contributed by atoms with Gasteiger partial charge >= 0.3 is 5.97 Å². The normalized spacial score (nSPS) is 11.6. The van der Waals surface area contributed by atoms with Gasteiger partial charge in [-0.25, -0.2) is 4.79 Å². The molecule has 1 atom stereocenters. The second-order valence-corrected chi connectivity index (χ2v) is 5.26. The number of nitrogen functional groups attached to an aromatic ring is 1. The molecule has 0 aliphatic rings. The highest BCUT2D eigenvalue weighted by atomic mass is 32.2. The van der Waals surface area contributed by atoms with E-state index in [-0.39, 0.29) is 5.92 Å². The van der Waals surface area contributed by atoms with E-state index in [2.05, 4.69) is 6.07 Å². The zero-order valence-corrected chi connectivity index (χ0v) is 12.0. The number of carbonyl (C=O) groups is 1. The fraction of sp³-hybridized carbons (Fsp3) is 0.429. The van der Waals surface area contributed by atoms with Crippen LogP contribution in [0.2, 0.25) is 0 Å². The van der Waals surface area contributed by atoms with Gasteiger partial charge in [0.2, 0.25) is 0 Å². The van der Waals surface area contributed by atoms with Crippen molar-refractivity contribution in [2.45, 2.75) is 25.2 Å². The van der Waals surface area contributed by atoms with Crippen LogP contribution in [0, 0.1) is 17.2 Å². The fourth-order valence-corrected chi connectivity index (χ4v) is 2.32. The summed E-state index contributed by atoms with van der Waals surface area (Å²) in [5, 5.41) is 8.75. The minimum Gasteiger partial charge on any atom is -0.462 e. The molecule has 0 spiro atoms. The number of hydrogen-bond acceptors (Lipinski definition) is 5. The Morgan fingerprint density at radius 3 is 2.95 bits per heavy atom. The average molecular weight is 278 g/mol. The number of ether oxygens (including phenoxy) is 1. The van der Waals surface area contributed by atoms with E-state index in [1.807, 2.05) is 19.9 Å². The van der Waals surface area contributed by atoms with Crippen LogP contribution in [0.4, 0.5) is 5.69 Å². The molecule has 2 N–H and O–H groups in total. The Bertz CT molecular complexity index is 483. The highest BCUT2D eigenvalue weighted by Crippen LogP contribution is 2.29. The van der Waals surface area contributed by atoms with Gasteiger partial charge < -0.3 is 10.5 Å². The topological polar surface area (TPSA) is 76.1 Å². The summed E-state index contributed by atoms with van der Waals surface area (Å²) < 4.78 is 5.08. The van der Waals surface area contributed by atoms with Gasteiger partial charge in [-0.15, -0.1) is 11.8 Å². The first-order valence-corrected chi connectivity index (χ1v) is 7.16. The van der Waals surface area contributed by atoms with Gasteiger partial charge in [-0.2, -0.15) is 5.26 Å². The number of thioether (sulfide) groups is 1. The van der Waals surface area contributed by atoms with E-state index in [4.69, 9.17) is 15.7 Å². The summed E-state index contributed by atoms with van der Waals surface area (Å²) in [7, 11) is 0. The molecule has 4 nitrogen and oxygen atoms in total. The van der Waals surface area contributed by atoms with Crippen molar-refractivity contribution in [1.29, 1.82) is 5.26 Å². The number of benzene rings is 1. The number of nitrogens with zero attached hydrogens (tertiary/aromatic N) is 1. The molecule has 0 amide bonds. The molecule has 1 aromatic carbocycles. The molecular weight excluding hydrogens is 260 g/mol. The van der Waals surface area contributed by atoms with E-state index < -0.39 is 5.97 Å². The lowest BCUT2D eigenvalue weighted by Crippen LogP contribution is -2.09. The predicted octanol–water partition coefficient (Wildman–Crippen LogP) is 3.09. The highest BCUT2D eigenvalue weighted by Gasteiger charge is 2.14. The Kier molecular flexibility index (Phi) is 6.23. The molecule has 1 rings (SSSR count). The molecule has 19 heavy (non-hydrogen) atoms. The summed E-state index contributed by atoms with van der Waals surface area (Å²) in [5.41, 5.74) is 6.80. The number of nitrogens with two attached hydrogens (primary N) is 1. The van der Waals surface area contributed by atoms with Crippen LogP contribution < -0.4 is 5.73 Å². The zero-order chi connectivity index (χ0) is 14.3. The second kappa shape index (κ2) is 7.70. The van der Waals surface area contributed by atoms with Crippen LogP contribution in [0.1, 0.15) is 30.6 Å². The fourth-order valence-electron chi connectivity index (χ4n) is 1.37. The van der Waals surface area contributed by atoms with Gasteiger partial charge in [0.1, 0.15) is 0 Å². The number of para-hydroxylation sites is 1. The molecule has 5 heteroatoms. The molecule has 0 fully saturated rings. The molecule has 1 unspecified atom stereocenters. The van der Waals surface area contributed by atoms with Crippen molar-refractivity contribution >= 4 is 23.4 Å². The van der Waals surface area contributed by atoms with Crippen molar-refractivity contribution in [3.05, 3.63) is 23.8 Å². The van der Waals surface area contributed by atoms with Crippen molar-refractivity contribution in [3.8, 4) is 6.07 Å². The number of nitriles is 1. The monoisotopic (exact) mass is 278 g/mol. The van der Waals surface area contributed by atoms with Crippen molar-refractivity contribution in [2.24, 2.45) is 5.92 Å². The first kappa shape index (κ1) is 15.4. The number of carbonyl (C=O) groups excluding carboxylic acids is 1. The molecule has 0 bridgehead atoms. The largest absolute Gasteiger partial charge is 0.462 e. The minimum absolute atomic E-state index is 0.0555.